The summed E-state index contributed by atoms with van der Waals surface area (Å²) in [4.78, 5) is 15.6. The van der Waals surface area contributed by atoms with E-state index in [1.165, 1.54) is 18.7 Å². The maximum absolute atomic E-state index is 14.8. The van der Waals surface area contributed by atoms with Crippen molar-refractivity contribution in [1.29, 1.82) is 0 Å². The Morgan fingerprint density at radius 1 is 0.931 bits per heavy atom. The van der Waals surface area contributed by atoms with E-state index in [0.717, 1.165) is 10.8 Å². The van der Waals surface area contributed by atoms with E-state index in [9.17, 15) is 9.50 Å². The van der Waals surface area contributed by atoms with Crippen LogP contribution in [0.25, 0.3) is 21.9 Å². The van der Waals surface area contributed by atoms with Crippen LogP contribution in [0.15, 0.2) is 73.3 Å². The summed E-state index contributed by atoms with van der Waals surface area (Å²) in [5.41, 5.74) is 2.07. The number of halogens is 1. The molecule has 0 saturated carbocycles. The molecule has 0 aliphatic carbocycles. The summed E-state index contributed by atoms with van der Waals surface area (Å²) in [5.74, 6) is 0.152. The number of aromatic hydroxyl groups is 1. The first-order chi connectivity index (χ1) is 14.2. The van der Waals surface area contributed by atoms with Crippen LogP contribution < -0.4 is 5.32 Å². The average molecular weight is 385 g/mol. The second kappa shape index (κ2) is 6.87. The van der Waals surface area contributed by atoms with Gasteiger partial charge in [0.25, 0.3) is 0 Å². The lowest BCUT2D eigenvalue weighted by atomic mass is 9.92. The summed E-state index contributed by atoms with van der Waals surface area (Å²) in [6.07, 6.45) is 2.92. The number of benzene rings is 3. The molecule has 1 atom stereocenters. The summed E-state index contributed by atoms with van der Waals surface area (Å²) in [5, 5.41) is 15.8. The number of fused-ring (bicyclic) bond motifs is 2. The number of nitrogens with one attached hydrogen (secondary N) is 2. The topological polar surface area (TPSA) is 86.7 Å². The van der Waals surface area contributed by atoms with Crippen molar-refractivity contribution in [1.82, 2.24) is 19.9 Å². The molecule has 2 aromatic heterocycles. The van der Waals surface area contributed by atoms with Crippen LogP contribution in [0.1, 0.15) is 17.2 Å². The van der Waals surface area contributed by atoms with Gasteiger partial charge in [0, 0.05) is 11.1 Å². The summed E-state index contributed by atoms with van der Waals surface area (Å²) < 4.78 is 14.8. The van der Waals surface area contributed by atoms with Crippen molar-refractivity contribution < 1.29 is 9.50 Å². The lowest BCUT2D eigenvalue weighted by Crippen LogP contribution is -2.16. The van der Waals surface area contributed by atoms with Crippen molar-refractivity contribution in [2.45, 2.75) is 6.04 Å². The smallest absolute Gasteiger partial charge is 0.182 e. The molecule has 0 spiro atoms. The third kappa shape index (κ3) is 2.93. The number of aromatic nitrogens is 4. The van der Waals surface area contributed by atoms with Gasteiger partial charge in [0.05, 0.1) is 12.4 Å². The van der Waals surface area contributed by atoms with Gasteiger partial charge in [0.2, 0.25) is 0 Å². The van der Waals surface area contributed by atoms with Gasteiger partial charge in [-0.05, 0) is 22.9 Å². The fourth-order valence-electron chi connectivity index (χ4n) is 3.61. The van der Waals surface area contributed by atoms with E-state index in [-0.39, 0.29) is 11.6 Å². The van der Waals surface area contributed by atoms with Crippen molar-refractivity contribution in [3.8, 4) is 5.75 Å². The number of rotatable bonds is 4. The van der Waals surface area contributed by atoms with Crippen molar-refractivity contribution in [3.05, 3.63) is 90.3 Å². The second-order valence-electron chi connectivity index (χ2n) is 6.64. The highest BCUT2D eigenvalue weighted by molar-refractivity contribution is 5.90. The first-order valence-corrected chi connectivity index (χ1v) is 9.08. The fraction of sp³-hybridized carbons (Fsp3) is 0.0455. The predicted molar refractivity (Wildman–Crippen MR) is 109 cm³/mol. The molecule has 5 aromatic rings. The lowest BCUT2D eigenvalue weighted by molar-refractivity contribution is 0.467. The predicted octanol–water partition coefficient (Wildman–Crippen LogP) is 4.55. The molecular weight excluding hydrogens is 369 g/mol. The van der Waals surface area contributed by atoms with Gasteiger partial charge in [-0.25, -0.2) is 19.3 Å². The van der Waals surface area contributed by atoms with Gasteiger partial charge in [0.15, 0.2) is 11.5 Å². The molecule has 3 aromatic carbocycles. The Hall–Kier alpha value is -4.00. The molecule has 6 nitrogen and oxygen atoms in total. The third-order valence-corrected chi connectivity index (χ3v) is 4.96. The number of aromatic amines is 1. The van der Waals surface area contributed by atoms with Crippen molar-refractivity contribution >= 4 is 27.8 Å². The Morgan fingerprint density at radius 2 is 1.76 bits per heavy atom. The standard InChI is InChI=1S/C22H16FN5O/c23-16-8-4-3-7-15(16)19(28-22-20-21(25-11-24-20)26-12-27-22)18-14-6-2-1-5-13(14)9-10-17(18)29/h1-12,19,29H,(H2,24,25,26,27,28). The summed E-state index contributed by atoms with van der Waals surface area (Å²) in [6, 6.07) is 16.9. The number of phenols is 1. The fourth-order valence-corrected chi connectivity index (χ4v) is 3.61. The van der Waals surface area contributed by atoms with Crippen LogP contribution in [0, 0.1) is 5.82 Å². The maximum Gasteiger partial charge on any atom is 0.182 e. The third-order valence-electron chi connectivity index (χ3n) is 4.96. The van der Waals surface area contributed by atoms with Crippen LogP contribution in [0.5, 0.6) is 5.75 Å². The minimum atomic E-state index is -0.691. The van der Waals surface area contributed by atoms with Gasteiger partial charge in [-0.2, -0.15) is 0 Å². The minimum absolute atomic E-state index is 0.0689. The van der Waals surface area contributed by atoms with E-state index in [2.05, 4.69) is 25.3 Å². The Bertz CT molecular complexity index is 1330. The molecule has 3 N–H and O–H groups in total. The van der Waals surface area contributed by atoms with Crippen LogP contribution in [-0.4, -0.2) is 25.0 Å². The Morgan fingerprint density at radius 3 is 2.66 bits per heavy atom. The highest BCUT2D eigenvalue weighted by Crippen LogP contribution is 2.38. The number of nitrogens with zero attached hydrogens (tertiary/aromatic N) is 3. The van der Waals surface area contributed by atoms with E-state index in [1.807, 2.05) is 30.3 Å². The lowest BCUT2D eigenvalue weighted by Gasteiger charge is -2.23. The van der Waals surface area contributed by atoms with E-state index in [1.54, 1.807) is 24.3 Å². The Balaban J connectivity index is 1.76. The number of hydrogen-bond donors (Lipinski definition) is 3. The normalized spacial score (nSPS) is 12.3. The van der Waals surface area contributed by atoms with E-state index >= 15 is 0 Å². The number of anilines is 1. The molecule has 5 rings (SSSR count). The molecule has 2 heterocycles. The first-order valence-electron chi connectivity index (χ1n) is 9.08. The number of hydrogen-bond acceptors (Lipinski definition) is 5. The van der Waals surface area contributed by atoms with Crippen LogP contribution >= 0.6 is 0 Å². The van der Waals surface area contributed by atoms with E-state index < -0.39 is 6.04 Å². The molecule has 142 valence electrons. The minimum Gasteiger partial charge on any atom is -0.508 e. The SMILES string of the molecule is Oc1ccc2ccccc2c1C(Nc1ncnc2nc[nH]c12)c1ccccc1F. The molecule has 7 heteroatoms. The molecule has 0 radical (unpaired) electrons. The van der Waals surface area contributed by atoms with Gasteiger partial charge in [0.1, 0.15) is 23.4 Å². The molecule has 1 unspecified atom stereocenters. The Labute approximate surface area is 165 Å². The zero-order valence-electron chi connectivity index (χ0n) is 15.2. The molecular formula is C22H16FN5O. The molecule has 0 aliphatic heterocycles. The van der Waals surface area contributed by atoms with Crippen LogP contribution in [0.4, 0.5) is 10.2 Å². The van der Waals surface area contributed by atoms with Crippen LogP contribution in [0.2, 0.25) is 0 Å². The highest BCUT2D eigenvalue weighted by atomic mass is 19.1. The summed E-state index contributed by atoms with van der Waals surface area (Å²) in [7, 11) is 0. The van der Waals surface area contributed by atoms with Crippen molar-refractivity contribution in [3.63, 3.8) is 0 Å². The molecule has 0 fully saturated rings. The quantitative estimate of drug-likeness (QED) is 0.422. The first kappa shape index (κ1) is 17.1. The average Bonchev–Trinajstić information content (AvgIpc) is 3.23. The summed E-state index contributed by atoms with van der Waals surface area (Å²) in [6.45, 7) is 0. The highest BCUT2D eigenvalue weighted by Gasteiger charge is 2.24. The Kier molecular flexibility index (Phi) is 4.05. The largest absolute Gasteiger partial charge is 0.508 e. The van der Waals surface area contributed by atoms with Crippen molar-refractivity contribution in [2.75, 3.05) is 5.32 Å². The molecule has 0 amide bonds. The maximum atomic E-state index is 14.8. The van der Waals surface area contributed by atoms with E-state index in [0.29, 0.717) is 28.1 Å². The van der Waals surface area contributed by atoms with Crippen LogP contribution in [-0.2, 0) is 0 Å². The van der Waals surface area contributed by atoms with Gasteiger partial charge >= 0.3 is 0 Å². The molecule has 0 aliphatic rings. The number of imidazole rings is 1. The zero-order valence-corrected chi connectivity index (χ0v) is 15.2. The van der Waals surface area contributed by atoms with Crippen LogP contribution in [0.3, 0.4) is 0 Å². The summed E-state index contributed by atoms with van der Waals surface area (Å²) >= 11 is 0. The van der Waals surface area contributed by atoms with Gasteiger partial charge < -0.3 is 15.4 Å². The monoisotopic (exact) mass is 385 g/mol. The molecule has 0 bridgehead atoms. The van der Waals surface area contributed by atoms with Gasteiger partial charge in [-0.1, -0.05) is 48.5 Å². The molecule has 29 heavy (non-hydrogen) atoms. The van der Waals surface area contributed by atoms with Gasteiger partial charge in [-0.15, -0.1) is 0 Å². The molecule has 0 saturated heterocycles. The van der Waals surface area contributed by atoms with Crippen molar-refractivity contribution in [2.24, 2.45) is 0 Å². The number of phenolic OH excluding ortho intramolecular Hbond substituents is 1. The zero-order chi connectivity index (χ0) is 19.8. The number of H-pyrrole nitrogens is 1. The van der Waals surface area contributed by atoms with E-state index in [4.69, 9.17) is 0 Å². The second-order valence-corrected chi connectivity index (χ2v) is 6.64. The van der Waals surface area contributed by atoms with Gasteiger partial charge in [-0.3, -0.25) is 0 Å².